The van der Waals surface area contributed by atoms with Crippen LogP contribution in [0.25, 0.3) is 32.6 Å². The molecule has 0 spiro atoms. The highest BCUT2D eigenvalue weighted by Crippen LogP contribution is 2.52. The molecule has 0 amide bonds. The summed E-state index contributed by atoms with van der Waals surface area (Å²) in [4.78, 5) is 21.0. The van der Waals surface area contributed by atoms with E-state index in [0.717, 1.165) is 61.8 Å². The molecule has 0 aliphatic carbocycles. The summed E-state index contributed by atoms with van der Waals surface area (Å²) in [7, 11) is 0. The van der Waals surface area contributed by atoms with Gasteiger partial charge in [0.15, 0.2) is 11.5 Å². The molecule has 0 radical (unpaired) electrons. The van der Waals surface area contributed by atoms with E-state index in [4.69, 9.17) is 14.5 Å². The number of esters is 1. The molecule has 7 rings (SSSR count). The molecule has 1 aliphatic rings. The van der Waals surface area contributed by atoms with Crippen LogP contribution >= 0.6 is 11.3 Å². The fourth-order valence-corrected chi connectivity index (χ4v) is 6.15. The van der Waals surface area contributed by atoms with Crippen LogP contribution in [0.4, 0.5) is 17.1 Å². The second-order valence-electron chi connectivity index (χ2n) is 9.83. The summed E-state index contributed by atoms with van der Waals surface area (Å²) in [6, 6.07) is 34.4. The zero-order valence-electron chi connectivity index (χ0n) is 22.6. The predicted octanol–water partition coefficient (Wildman–Crippen LogP) is 9.69. The lowest BCUT2D eigenvalue weighted by molar-refractivity contribution is 0.0526. The molecule has 4 aromatic carbocycles. The molecule has 1 aliphatic heterocycles. The third-order valence-corrected chi connectivity index (χ3v) is 8.20. The van der Waals surface area contributed by atoms with Gasteiger partial charge in [-0.2, -0.15) is 0 Å². The van der Waals surface area contributed by atoms with Crippen molar-refractivity contribution in [2.45, 2.75) is 13.8 Å². The van der Waals surface area contributed by atoms with Crippen LogP contribution in [0.1, 0.15) is 22.8 Å². The third-order valence-electron chi connectivity index (χ3n) is 7.30. The summed E-state index contributed by atoms with van der Waals surface area (Å²) in [5.41, 5.74) is 8.34. The molecule has 0 saturated heterocycles. The number of fused-ring (bicyclic) bond motifs is 3. The summed E-state index contributed by atoms with van der Waals surface area (Å²) >= 11 is 1.71. The SMILES string of the molecule is CCOC(=O)c1ccc(-c2cc(-c3cccs3)c3c(C)ccc(N4c5ccccc5Oc5ccccc54)c3n2)cc1. The molecule has 200 valence electrons. The lowest BCUT2D eigenvalue weighted by Crippen LogP contribution is -2.16. The number of para-hydroxylation sites is 4. The van der Waals surface area contributed by atoms with Gasteiger partial charge in [0.25, 0.3) is 0 Å². The topological polar surface area (TPSA) is 51.7 Å². The fourth-order valence-electron chi connectivity index (χ4n) is 5.41. The molecule has 5 nitrogen and oxygen atoms in total. The van der Waals surface area contributed by atoms with E-state index in [2.05, 4.69) is 59.7 Å². The summed E-state index contributed by atoms with van der Waals surface area (Å²) < 4.78 is 11.5. The van der Waals surface area contributed by atoms with E-state index in [1.807, 2.05) is 55.5 Å². The van der Waals surface area contributed by atoms with Crippen molar-refractivity contribution in [2.24, 2.45) is 0 Å². The zero-order chi connectivity index (χ0) is 27.9. The Kier molecular flexibility index (Phi) is 6.25. The van der Waals surface area contributed by atoms with E-state index < -0.39 is 0 Å². The number of ether oxygens (including phenoxy) is 2. The molecule has 6 aromatic rings. The molecule has 0 saturated carbocycles. The summed E-state index contributed by atoms with van der Waals surface area (Å²) in [5.74, 6) is 1.26. The van der Waals surface area contributed by atoms with Gasteiger partial charge >= 0.3 is 5.97 Å². The van der Waals surface area contributed by atoms with Gasteiger partial charge in [-0.25, -0.2) is 9.78 Å². The minimum absolute atomic E-state index is 0.327. The number of aryl methyl sites for hydroxylation is 1. The van der Waals surface area contributed by atoms with Crippen LogP contribution in [0.2, 0.25) is 0 Å². The van der Waals surface area contributed by atoms with Gasteiger partial charge in [0.05, 0.1) is 40.4 Å². The average Bonchev–Trinajstić information content (AvgIpc) is 3.55. The van der Waals surface area contributed by atoms with Crippen molar-refractivity contribution in [1.29, 1.82) is 0 Å². The molecule has 41 heavy (non-hydrogen) atoms. The van der Waals surface area contributed by atoms with Gasteiger partial charge in [-0.1, -0.05) is 48.5 Å². The Balaban J connectivity index is 1.49. The van der Waals surface area contributed by atoms with Crippen LogP contribution in [0.3, 0.4) is 0 Å². The van der Waals surface area contributed by atoms with Gasteiger partial charge in [0.1, 0.15) is 0 Å². The van der Waals surface area contributed by atoms with Crippen LogP contribution < -0.4 is 9.64 Å². The zero-order valence-corrected chi connectivity index (χ0v) is 23.4. The fraction of sp³-hybridized carbons (Fsp3) is 0.0857. The molecule has 0 unspecified atom stereocenters. The number of nitrogens with zero attached hydrogens (tertiary/aromatic N) is 2. The second kappa shape index (κ2) is 10.2. The Morgan fingerprint density at radius 3 is 2.22 bits per heavy atom. The van der Waals surface area contributed by atoms with E-state index in [1.165, 1.54) is 4.88 Å². The number of pyridine rings is 1. The Labute approximate surface area is 242 Å². The van der Waals surface area contributed by atoms with Crippen LogP contribution in [-0.4, -0.2) is 17.6 Å². The third kappa shape index (κ3) is 4.33. The Morgan fingerprint density at radius 1 is 0.854 bits per heavy atom. The molecular formula is C35H26N2O3S. The van der Waals surface area contributed by atoms with Crippen molar-refractivity contribution in [3.63, 3.8) is 0 Å². The number of carbonyl (C=O) groups is 1. The second-order valence-corrected chi connectivity index (χ2v) is 10.8. The van der Waals surface area contributed by atoms with E-state index in [9.17, 15) is 4.79 Å². The monoisotopic (exact) mass is 554 g/mol. The van der Waals surface area contributed by atoms with E-state index in [1.54, 1.807) is 23.5 Å². The van der Waals surface area contributed by atoms with Gasteiger partial charge < -0.3 is 14.4 Å². The van der Waals surface area contributed by atoms with Gasteiger partial charge in [-0.3, -0.25) is 0 Å². The number of hydrogen-bond acceptors (Lipinski definition) is 6. The molecule has 3 heterocycles. The first kappa shape index (κ1) is 25.1. The van der Waals surface area contributed by atoms with Crippen molar-refractivity contribution in [2.75, 3.05) is 11.5 Å². The van der Waals surface area contributed by atoms with Crippen LogP contribution in [0.15, 0.2) is 109 Å². The highest BCUT2D eigenvalue weighted by Gasteiger charge is 2.28. The van der Waals surface area contributed by atoms with Crippen molar-refractivity contribution in [3.05, 3.63) is 120 Å². The van der Waals surface area contributed by atoms with E-state index >= 15 is 0 Å². The van der Waals surface area contributed by atoms with Crippen molar-refractivity contribution < 1.29 is 14.3 Å². The highest BCUT2D eigenvalue weighted by molar-refractivity contribution is 7.13. The van der Waals surface area contributed by atoms with Crippen molar-refractivity contribution in [3.8, 4) is 33.2 Å². The normalized spacial score (nSPS) is 12.0. The first-order valence-electron chi connectivity index (χ1n) is 13.5. The molecular weight excluding hydrogens is 528 g/mol. The minimum Gasteiger partial charge on any atom is -0.462 e. The van der Waals surface area contributed by atoms with Crippen molar-refractivity contribution in [1.82, 2.24) is 4.98 Å². The summed E-state index contributed by atoms with van der Waals surface area (Å²) in [5, 5.41) is 3.21. The Bertz CT molecular complexity index is 1870. The minimum atomic E-state index is -0.327. The van der Waals surface area contributed by atoms with E-state index in [-0.39, 0.29) is 5.97 Å². The standard InChI is InChI=1S/C35H26N2O3S/c1-3-39-35(38)24-17-15-23(16-18-24)26-21-25(32-13-8-20-41-32)33-22(2)14-19-29(34(33)36-26)37-27-9-4-6-11-30(27)40-31-12-7-5-10-28(31)37/h4-21H,3H2,1-2H3. The summed E-state index contributed by atoms with van der Waals surface area (Å²) in [6.45, 7) is 4.29. The van der Waals surface area contributed by atoms with Crippen LogP contribution in [-0.2, 0) is 4.74 Å². The summed E-state index contributed by atoms with van der Waals surface area (Å²) in [6.07, 6.45) is 0. The molecule has 0 atom stereocenters. The molecule has 0 fully saturated rings. The number of benzene rings is 4. The van der Waals surface area contributed by atoms with Crippen molar-refractivity contribution >= 4 is 45.3 Å². The first-order valence-corrected chi connectivity index (χ1v) is 14.4. The van der Waals surface area contributed by atoms with Gasteiger partial charge in [0, 0.05) is 21.4 Å². The lowest BCUT2D eigenvalue weighted by atomic mass is 9.97. The number of anilines is 3. The number of thiophene rings is 1. The molecule has 2 aromatic heterocycles. The molecule has 0 N–H and O–H groups in total. The predicted molar refractivity (Wildman–Crippen MR) is 166 cm³/mol. The van der Waals surface area contributed by atoms with E-state index in [0.29, 0.717) is 12.2 Å². The maximum absolute atomic E-state index is 12.3. The molecule has 0 bridgehead atoms. The maximum Gasteiger partial charge on any atom is 0.338 e. The lowest BCUT2D eigenvalue weighted by Gasteiger charge is -2.33. The quantitative estimate of drug-likeness (QED) is 0.198. The first-order chi connectivity index (χ1) is 20.1. The van der Waals surface area contributed by atoms with Crippen LogP contribution in [0, 0.1) is 6.92 Å². The Morgan fingerprint density at radius 2 is 1.56 bits per heavy atom. The average molecular weight is 555 g/mol. The maximum atomic E-state index is 12.3. The highest BCUT2D eigenvalue weighted by atomic mass is 32.1. The Hall–Kier alpha value is -4.94. The van der Waals surface area contributed by atoms with Gasteiger partial charge in [-0.15, -0.1) is 11.3 Å². The number of rotatable bonds is 5. The van der Waals surface area contributed by atoms with Crippen LogP contribution in [0.5, 0.6) is 11.5 Å². The smallest absolute Gasteiger partial charge is 0.338 e. The number of carbonyl (C=O) groups excluding carboxylic acids is 1. The number of aromatic nitrogens is 1. The largest absolute Gasteiger partial charge is 0.462 e. The molecule has 6 heteroatoms. The van der Waals surface area contributed by atoms with Gasteiger partial charge in [-0.05, 0) is 79.4 Å². The van der Waals surface area contributed by atoms with Gasteiger partial charge in [0.2, 0.25) is 0 Å². The number of hydrogen-bond donors (Lipinski definition) is 0.